The van der Waals surface area contributed by atoms with Crippen LogP contribution >= 0.6 is 11.8 Å². The van der Waals surface area contributed by atoms with Crippen molar-refractivity contribution in [3.63, 3.8) is 0 Å². The Morgan fingerprint density at radius 3 is 2.60 bits per heavy atom. The summed E-state index contributed by atoms with van der Waals surface area (Å²) in [5.74, 6) is 0. The predicted molar refractivity (Wildman–Crippen MR) is 151 cm³/mol. The molecular formula is C34H28S. The first-order valence-electron chi connectivity index (χ1n) is 13.3. The summed E-state index contributed by atoms with van der Waals surface area (Å²) < 4.78 is 0. The van der Waals surface area contributed by atoms with Gasteiger partial charge in [0, 0.05) is 9.80 Å². The third-order valence-electron chi connectivity index (χ3n) is 8.66. The van der Waals surface area contributed by atoms with Gasteiger partial charge in [-0.1, -0.05) is 71.9 Å². The van der Waals surface area contributed by atoms with Gasteiger partial charge < -0.3 is 0 Å². The molecule has 3 aliphatic carbocycles. The molecule has 4 aromatic carbocycles. The van der Waals surface area contributed by atoms with E-state index in [2.05, 4.69) is 72.8 Å². The van der Waals surface area contributed by atoms with Gasteiger partial charge in [0.15, 0.2) is 0 Å². The van der Waals surface area contributed by atoms with E-state index >= 15 is 0 Å². The molecule has 8 rings (SSSR count). The van der Waals surface area contributed by atoms with E-state index in [1.54, 1.807) is 22.3 Å². The molecule has 0 unspecified atom stereocenters. The van der Waals surface area contributed by atoms with Crippen LogP contribution in [0.1, 0.15) is 60.8 Å². The molecule has 0 radical (unpaired) electrons. The Hall–Kier alpha value is -3.03. The first kappa shape index (κ1) is 20.2. The summed E-state index contributed by atoms with van der Waals surface area (Å²) in [6.07, 6.45) is 12.5. The quantitative estimate of drug-likeness (QED) is 0.268. The summed E-state index contributed by atoms with van der Waals surface area (Å²) in [6.45, 7) is 0. The van der Waals surface area contributed by atoms with E-state index in [1.165, 1.54) is 92.5 Å². The Labute approximate surface area is 211 Å². The Bertz CT molecular complexity index is 1610. The van der Waals surface area contributed by atoms with Crippen molar-refractivity contribution in [2.24, 2.45) is 0 Å². The van der Waals surface area contributed by atoms with E-state index in [0.717, 1.165) is 12.8 Å². The fraction of sp³-hybridized carbons (Fsp3) is 0.235. The Balaban J connectivity index is 1.39. The van der Waals surface area contributed by atoms with Gasteiger partial charge in [-0.05, 0) is 130 Å². The van der Waals surface area contributed by atoms with E-state index in [1.807, 2.05) is 11.8 Å². The molecule has 4 aliphatic rings. The first-order chi connectivity index (χ1) is 17.3. The smallest absolute Gasteiger partial charge is 0.0201 e. The highest BCUT2D eigenvalue weighted by Crippen LogP contribution is 2.53. The van der Waals surface area contributed by atoms with Crippen LogP contribution in [-0.4, -0.2) is 0 Å². The molecule has 0 fully saturated rings. The molecule has 0 amide bonds. The number of aryl methyl sites for hydroxylation is 1. The topological polar surface area (TPSA) is 0 Å². The van der Waals surface area contributed by atoms with Gasteiger partial charge in [-0.25, -0.2) is 0 Å². The van der Waals surface area contributed by atoms with Crippen molar-refractivity contribution < 1.29 is 0 Å². The van der Waals surface area contributed by atoms with Crippen LogP contribution in [0.25, 0.3) is 43.5 Å². The van der Waals surface area contributed by atoms with Crippen LogP contribution in [0.5, 0.6) is 0 Å². The van der Waals surface area contributed by atoms with Gasteiger partial charge in [-0.15, -0.1) is 0 Å². The van der Waals surface area contributed by atoms with Crippen LogP contribution in [0.15, 0.2) is 83.3 Å². The number of rotatable bonds is 1. The normalized spacial score (nSPS) is 17.9. The summed E-state index contributed by atoms with van der Waals surface area (Å²) in [4.78, 5) is 2.86. The van der Waals surface area contributed by atoms with Gasteiger partial charge in [0.2, 0.25) is 0 Å². The van der Waals surface area contributed by atoms with Crippen molar-refractivity contribution in [3.05, 3.63) is 101 Å². The van der Waals surface area contributed by atoms with E-state index in [0.29, 0.717) is 0 Å². The Morgan fingerprint density at radius 2 is 1.60 bits per heavy atom. The number of fused-ring (bicyclic) bond motifs is 5. The lowest BCUT2D eigenvalue weighted by Gasteiger charge is -2.30. The molecule has 0 N–H and O–H groups in total. The van der Waals surface area contributed by atoms with Gasteiger partial charge in [0.05, 0.1) is 0 Å². The van der Waals surface area contributed by atoms with Gasteiger partial charge in [0.25, 0.3) is 0 Å². The zero-order chi connectivity index (χ0) is 22.9. The second kappa shape index (κ2) is 7.73. The molecule has 0 spiro atoms. The molecule has 0 saturated heterocycles. The van der Waals surface area contributed by atoms with Gasteiger partial charge in [-0.2, -0.15) is 0 Å². The fourth-order valence-electron chi connectivity index (χ4n) is 7.07. The van der Waals surface area contributed by atoms with Crippen LogP contribution in [0.4, 0.5) is 0 Å². The van der Waals surface area contributed by atoms with Gasteiger partial charge in [-0.3, -0.25) is 0 Å². The molecule has 0 bridgehead atoms. The van der Waals surface area contributed by atoms with Crippen molar-refractivity contribution >= 4 is 33.0 Å². The van der Waals surface area contributed by atoms with E-state index in [-0.39, 0.29) is 0 Å². The summed E-state index contributed by atoms with van der Waals surface area (Å²) >= 11 is 1.97. The SMILES string of the molecule is C1=C2Sc3ccc(-c4c5c(cc6ccccc46)C4=C(CCCC4)CC5)cc3-c3cccc(c32)CC1. The maximum absolute atomic E-state index is 2.51. The predicted octanol–water partition coefficient (Wildman–Crippen LogP) is 9.84. The maximum Gasteiger partial charge on any atom is 0.0201 e. The molecule has 170 valence electrons. The number of hydrogen-bond acceptors (Lipinski definition) is 1. The summed E-state index contributed by atoms with van der Waals surface area (Å²) in [7, 11) is 0. The number of allylic oxidation sites excluding steroid dienone is 3. The van der Waals surface area contributed by atoms with Gasteiger partial charge >= 0.3 is 0 Å². The van der Waals surface area contributed by atoms with E-state index in [4.69, 9.17) is 0 Å². The minimum atomic E-state index is 1.16. The average Bonchev–Trinajstić information content (AvgIpc) is 2.92. The second-order valence-corrected chi connectivity index (χ2v) is 11.6. The third kappa shape index (κ3) is 3.01. The van der Waals surface area contributed by atoms with Crippen LogP contribution in [0.2, 0.25) is 0 Å². The molecule has 1 heterocycles. The van der Waals surface area contributed by atoms with E-state index < -0.39 is 0 Å². The lowest BCUT2D eigenvalue weighted by atomic mass is 9.75. The van der Waals surface area contributed by atoms with Crippen LogP contribution in [0.3, 0.4) is 0 Å². The number of benzene rings is 4. The van der Waals surface area contributed by atoms with Crippen molar-refractivity contribution in [1.29, 1.82) is 0 Å². The molecule has 0 saturated carbocycles. The van der Waals surface area contributed by atoms with Crippen molar-refractivity contribution in [1.82, 2.24) is 0 Å². The van der Waals surface area contributed by atoms with Crippen LogP contribution in [-0.2, 0) is 12.8 Å². The first-order valence-corrected chi connectivity index (χ1v) is 14.1. The minimum Gasteiger partial charge on any atom is -0.0891 e. The average molecular weight is 469 g/mol. The highest BCUT2D eigenvalue weighted by molar-refractivity contribution is 8.08. The van der Waals surface area contributed by atoms with Crippen LogP contribution < -0.4 is 0 Å². The summed E-state index contributed by atoms with van der Waals surface area (Å²) in [6, 6.07) is 25.8. The highest BCUT2D eigenvalue weighted by atomic mass is 32.2. The standard InChI is InChI=1S/C34H28S/c1-3-11-25-21(7-1)15-17-28-29(25)19-23-8-2-4-12-26(23)33(28)24-16-18-31-30(20-24)27-13-5-9-22-10-6-14-32(35-31)34(22)27/h2,4-5,8-9,12-14,16,18-20H,1,3,6-7,10-11,15,17H2. The lowest BCUT2D eigenvalue weighted by molar-refractivity contribution is 0.676. The Kier molecular flexibility index (Phi) is 4.46. The molecular weight excluding hydrogens is 440 g/mol. The van der Waals surface area contributed by atoms with E-state index in [9.17, 15) is 0 Å². The lowest BCUT2D eigenvalue weighted by Crippen LogP contribution is -2.10. The molecule has 0 aromatic heterocycles. The fourth-order valence-corrected chi connectivity index (χ4v) is 8.27. The molecule has 1 heteroatoms. The molecule has 1 aliphatic heterocycles. The van der Waals surface area contributed by atoms with Crippen molar-refractivity contribution in [3.8, 4) is 22.3 Å². The molecule has 0 nitrogen and oxygen atoms in total. The largest absolute Gasteiger partial charge is 0.0891 e. The van der Waals surface area contributed by atoms with Crippen LogP contribution in [0, 0.1) is 0 Å². The molecule has 35 heavy (non-hydrogen) atoms. The van der Waals surface area contributed by atoms with Gasteiger partial charge in [0.1, 0.15) is 0 Å². The minimum absolute atomic E-state index is 1.16. The van der Waals surface area contributed by atoms with Crippen molar-refractivity contribution in [2.75, 3.05) is 0 Å². The molecule has 4 aromatic rings. The summed E-state index contributed by atoms with van der Waals surface area (Å²) in [5.41, 5.74) is 15.3. The zero-order valence-electron chi connectivity index (χ0n) is 20.0. The second-order valence-electron chi connectivity index (χ2n) is 10.5. The zero-order valence-corrected chi connectivity index (χ0v) is 20.8. The highest BCUT2D eigenvalue weighted by Gasteiger charge is 2.28. The molecule has 0 atom stereocenters. The van der Waals surface area contributed by atoms with Crippen molar-refractivity contribution in [2.45, 2.75) is 56.3 Å². The summed E-state index contributed by atoms with van der Waals surface area (Å²) in [5, 5.41) is 2.79. The third-order valence-corrected chi connectivity index (χ3v) is 9.83. The number of hydrogen-bond donors (Lipinski definition) is 0. The number of thioether (sulfide) groups is 1. The maximum atomic E-state index is 2.51. The Morgan fingerprint density at radius 1 is 0.657 bits per heavy atom. The monoisotopic (exact) mass is 468 g/mol.